The molecule has 324 valence electrons. The van der Waals surface area contributed by atoms with Crippen LogP contribution in [0, 0.1) is 0 Å². The Morgan fingerprint density at radius 3 is 1.59 bits per heavy atom. The molecule has 1 fully saturated rings. The van der Waals surface area contributed by atoms with Crippen LogP contribution in [0.15, 0.2) is 48.6 Å². The Hall–Kier alpha value is -2.34. The van der Waals surface area contributed by atoms with E-state index in [1.807, 2.05) is 0 Å². The predicted octanol–water partition coefficient (Wildman–Crippen LogP) is 9.27. The lowest BCUT2D eigenvalue weighted by Crippen LogP contribution is -2.59. The fraction of sp³-hybridized carbons (Fsp3) is 0.783. The predicted molar refractivity (Wildman–Crippen MR) is 224 cm³/mol. The number of hydrogen-bond donors (Lipinski definition) is 4. The summed E-state index contributed by atoms with van der Waals surface area (Å²) >= 11 is 0. The number of esters is 2. The average Bonchev–Trinajstić information content (AvgIpc) is 3.19. The molecule has 0 aromatic heterocycles. The highest BCUT2D eigenvalue weighted by Gasteiger charge is 2.44. The van der Waals surface area contributed by atoms with E-state index in [-0.39, 0.29) is 26.1 Å². The van der Waals surface area contributed by atoms with Crippen molar-refractivity contribution in [3.8, 4) is 0 Å². The lowest BCUT2D eigenvalue weighted by Gasteiger charge is -2.39. The normalized spacial score (nSPS) is 20.9. The Kier molecular flexibility index (Phi) is 34.1. The minimum Gasteiger partial charge on any atom is -0.462 e. The number of aliphatic hydroxyl groups excluding tert-OH is 4. The van der Waals surface area contributed by atoms with E-state index in [1.54, 1.807) is 0 Å². The SMILES string of the molecule is CCCC/C=C/C/C=C/CCCCCCCC(=O)O[C@@H](COC(=O)CCC/C=C/C/C=C/CCCCCCCCCCC)CO[C@H]1O[C@@H](CO)[C@@H](O)C(O)C1O. The van der Waals surface area contributed by atoms with Crippen molar-refractivity contribution < 1.29 is 49.0 Å². The van der Waals surface area contributed by atoms with Crippen molar-refractivity contribution in [2.24, 2.45) is 0 Å². The van der Waals surface area contributed by atoms with Gasteiger partial charge in [0.1, 0.15) is 31.0 Å². The number of carbonyl (C=O) groups excluding carboxylic acids is 2. The molecule has 1 aliphatic heterocycles. The Bertz CT molecular complexity index is 1050. The summed E-state index contributed by atoms with van der Waals surface area (Å²) in [5, 5.41) is 40.0. The topological polar surface area (TPSA) is 152 Å². The number of hydrogen-bond acceptors (Lipinski definition) is 10. The summed E-state index contributed by atoms with van der Waals surface area (Å²) in [4.78, 5) is 25.3. The molecule has 0 saturated carbocycles. The Balaban J connectivity index is 2.38. The lowest BCUT2D eigenvalue weighted by atomic mass is 9.99. The molecule has 0 radical (unpaired) electrons. The van der Waals surface area contributed by atoms with Gasteiger partial charge in [-0.25, -0.2) is 0 Å². The number of carbonyl (C=O) groups is 2. The Morgan fingerprint density at radius 2 is 1.04 bits per heavy atom. The second-order valence-corrected chi connectivity index (χ2v) is 15.1. The van der Waals surface area contributed by atoms with E-state index in [4.69, 9.17) is 18.9 Å². The zero-order chi connectivity index (χ0) is 40.9. The molecule has 6 atom stereocenters. The summed E-state index contributed by atoms with van der Waals surface area (Å²) in [5.41, 5.74) is 0. The maximum atomic E-state index is 12.7. The minimum absolute atomic E-state index is 0.204. The first-order valence-corrected chi connectivity index (χ1v) is 22.2. The molecular weight excluding hydrogens is 712 g/mol. The van der Waals surface area contributed by atoms with Gasteiger partial charge in [0.2, 0.25) is 0 Å². The molecule has 10 nitrogen and oxygen atoms in total. The van der Waals surface area contributed by atoms with E-state index in [2.05, 4.69) is 62.5 Å². The molecule has 1 saturated heterocycles. The molecular formula is C46H80O10. The molecule has 0 aliphatic carbocycles. The third-order valence-electron chi connectivity index (χ3n) is 9.94. The molecule has 0 aromatic carbocycles. The molecule has 0 aromatic rings. The molecule has 1 rings (SSSR count). The van der Waals surface area contributed by atoms with Crippen molar-refractivity contribution in [2.45, 2.75) is 211 Å². The smallest absolute Gasteiger partial charge is 0.306 e. The van der Waals surface area contributed by atoms with Crippen molar-refractivity contribution in [3.63, 3.8) is 0 Å². The van der Waals surface area contributed by atoms with Gasteiger partial charge in [-0.3, -0.25) is 9.59 Å². The summed E-state index contributed by atoms with van der Waals surface area (Å²) in [7, 11) is 0. The van der Waals surface area contributed by atoms with Crippen LogP contribution in [0.3, 0.4) is 0 Å². The number of aliphatic hydroxyl groups is 4. The van der Waals surface area contributed by atoms with Crippen LogP contribution in [0.5, 0.6) is 0 Å². The van der Waals surface area contributed by atoms with Gasteiger partial charge in [-0.2, -0.15) is 0 Å². The van der Waals surface area contributed by atoms with Gasteiger partial charge in [-0.05, 0) is 64.2 Å². The second kappa shape index (κ2) is 37.0. The summed E-state index contributed by atoms with van der Waals surface area (Å²) in [5.74, 6) is -0.878. The summed E-state index contributed by atoms with van der Waals surface area (Å²) in [6.45, 7) is 3.32. The van der Waals surface area contributed by atoms with Gasteiger partial charge in [0.15, 0.2) is 12.4 Å². The Morgan fingerprint density at radius 1 is 0.554 bits per heavy atom. The fourth-order valence-electron chi connectivity index (χ4n) is 6.36. The van der Waals surface area contributed by atoms with Crippen molar-refractivity contribution in [1.82, 2.24) is 0 Å². The monoisotopic (exact) mass is 793 g/mol. The van der Waals surface area contributed by atoms with Gasteiger partial charge in [0.25, 0.3) is 0 Å². The number of rotatable bonds is 36. The van der Waals surface area contributed by atoms with Crippen molar-refractivity contribution >= 4 is 11.9 Å². The first kappa shape index (κ1) is 51.7. The molecule has 0 amide bonds. The van der Waals surface area contributed by atoms with Crippen molar-refractivity contribution in [2.75, 3.05) is 19.8 Å². The number of ether oxygens (including phenoxy) is 4. The molecule has 56 heavy (non-hydrogen) atoms. The van der Waals surface area contributed by atoms with Crippen LogP contribution in [0.1, 0.15) is 174 Å². The zero-order valence-corrected chi connectivity index (χ0v) is 35.1. The molecule has 2 unspecified atom stereocenters. The highest BCUT2D eigenvalue weighted by molar-refractivity contribution is 5.70. The maximum Gasteiger partial charge on any atom is 0.306 e. The summed E-state index contributed by atoms with van der Waals surface area (Å²) in [6, 6.07) is 0. The third kappa shape index (κ3) is 28.1. The van der Waals surface area contributed by atoms with Gasteiger partial charge in [-0.1, -0.05) is 146 Å². The van der Waals surface area contributed by atoms with Crippen LogP contribution in [0.4, 0.5) is 0 Å². The van der Waals surface area contributed by atoms with Gasteiger partial charge in [0.05, 0.1) is 13.2 Å². The minimum atomic E-state index is -1.60. The number of unbranched alkanes of at least 4 members (excludes halogenated alkanes) is 17. The van der Waals surface area contributed by atoms with Crippen molar-refractivity contribution in [3.05, 3.63) is 48.6 Å². The van der Waals surface area contributed by atoms with Gasteiger partial charge in [0, 0.05) is 12.8 Å². The van der Waals surface area contributed by atoms with E-state index in [0.29, 0.717) is 12.8 Å². The third-order valence-corrected chi connectivity index (χ3v) is 9.94. The standard InChI is InChI=1S/C46H80O10/c1-3-5-7-9-11-13-15-17-19-20-21-23-24-26-28-30-32-34-41(48)53-37-39(38-54-46-45(52)44(51)43(50)40(36-47)56-46)55-42(49)35-33-31-29-27-25-22-18-16-14-12-10-8-6-4-2/h10,12,16,18,21,23,26,28,39-40,43-47,50-52H,3-9,11,13-15,17,19-20,22,24-25,27,29-38H2,1-2H3/b12-10+,18-16+,23-21+,28-26+/t39-,40-,43+,44?,45?,46-/m0/s1. The average molecular weight is 793 g/mol. The van der Waals surface area contributed by atoms with Crippen LogP contribution >= 0.6 is 0 Å². The van der Waals surface area contributed by atoms with E-state index >= 15 is 0 Å². The first-order chi connectivity index (χ1) is 27.3. The van der Waals surface area contributed by atoms with E-state index in [1.165, 1.54) is 70.6 Å². The van der Waals surface area contributed by atoms with Crippen LogP contribution < -0.4 is 0 Å². The molecule has 1 aliphatic rings. The number of allylic oxidation sites excluding steroid dienone is 8. The molecule has 1 heterocycles. The van der Waals surface area contributed by atoms with Gasteiger partial charge < -0.3 is 39.4 Å². The van der Waals surface area contributed by atoms with Crippen LogP contribution in [-0.4, -0.2) is 89.0 Å². The zero-order valence-electron chi connectivity index (χ0n) is 35.1. The van der Waals surface area contributed by atoms with E-state index < -0.39 is 55.4 Å². The van der Waals surface area contributed by atoms with E-state index in [0.717, 1.165) is 64.2 Å². The van der Waals surface area contributed by atoms with Crippen LogP contribution in [0.25, 0.3) is 0 Å². The van der Waals surface area contributed by atoms with Crippen molar-refractivity contribution in [1.29, 1.82) is 0 Å². The van der Waals surface area contributed by atoms with Crippen LogP contribution in [0.2, 0.25) is 0 Å². The highest BCUT2D eigenvalue weighted by atomic mass is 16.7. The quantitative estimate of drug-likeness (QED) is 0.0275. The Labute approximate surface area is 339 Å². The highest BCUT2D eigenvalue weighted by Crippen LogP contribution is 2.22. The molecule has 4 N–H and O–H groups in total. The maximum absolute atomic E-state index is 12.7. The molecule has 10 heteroatoms. The van der Waals surface area contributed by atoms with Gasteiger partial charge >= 0.3 is 11.9 Å². The molecule has 0 spiro atoms. The molecule has 0 bridgehead atoms. The van der Waals surface area contributed by atoms with Crippen LogP contribution in [-0.2, 0) is 28.5 Å². The van der Waals surface area contributed by atoms with Gasteiger partial charge in [-0.15, -0.1) is 0 Å². The first-order valence-electron chi connectivity index (χ1n) is 22.2. The second-order valence-electron chi connectivity index (χ2n) is 15.1. The fourth-order valence-corrected chi connectivity index (χ4v) is 6.36. The lowest BCUT2D eigenvalue weighted by molar-refractivity contribution is -0.305. The summed E-state index contributed by atoms with van der Waals surface area (Å²) in [6.07, 6.45) is 35.5. The largest absolute Gasteiger partial charge is 0.462 e. The van der Waals surface area contributed by atoms with E-state index in [9.17, 15) is 30.0 Å². The summed E-state index contributed by atoms with van der Waals surface area (Å²) < 4.78 is 22.1.